The highest BCUT2D eigenvalue weighted by molar-refractivity contribution is 5.89. The smallest absolute Gasteiger partial charge is 0.258 e. The fourth-order valence-corrected chi connectivity index (χ4v) is 3.45. The first-order valence-electron chi connectivity index (χ1n) is 9.39. The maximum Gasteiger partial charge on any atom is 0.258 e. The van der Waals surface area contributed by atoms with Crippen LogP contribution in [0.4, 0.5) is 14.5 Å². The number of pyridine rings is 1. The summed E-state index contributed by atoms with van der Waals surface area (Å²) in [5.74, 6) is -1.83. The summed E-state index contributed by atoms with van der Waals surface area (Å²) >= 11 is 0. The van der Waals surface area contributed by atoms with Crippen LogP contribution in [0.25, 0.3) is 23.0 Å². The molecule has 0 radical (unpaired) electrons. The first-order chi connectivity index (χ1) is 14.6. The molecule has 0 aliphatic heterocycles. The van der Waals surface area contributed by atoms with Gasteiger partial charge in [0.25, 0.3) is 5.56 Å². The predicted octanol–water partition coefficient (Wildman–Crippen LogP) is 1.41. The van der Waals surface area contributed by atoms with E-state index in [1.54, 1.807) is 24.3 Å². The van der Waals surface area contributed by atoms with Crippen molar-refractivity contribution in [3.8, 4) is 11.1 Å². The van der Waals surface area contributed by atoms with Crippen molar-refractivity contribution in [3.63, 3.8) is 0 Å². The minimum absolute atomic E-state index is 0.0453. The third-order valence-electron chi connectivity index (χ3n) is 4.95. The van der Waals surface area contributed by atoms with Gasteiger partial charge in [0.05, 0.1) is 11.0 Å². The van der Waals surface area contributed by atoms with Gasteiger partial charge in [-0.1, -0.05) is 6.07 Å². The maximum atomic E-state index is 14.3. The van der Waals surface area contributed by atoms with Crippen LogP contribution >= 0.6 is 0 Å². The van der Waals surface area contributed by atoms with Crippen molar-refractivity contribution < 1.29 is 13.6 Å². The number of rotatable bonds is 3. The van der Waals surface area contributed by atoms with Crippen LogP contribution in [0, 0.1) is 18.6 Å². The van der Waals surface area contributed by atoms with Gasteiger partial charge in [-0.25, -0.2) is 8.78 Å². The first kappa shape index (κ1) is 21.8. The zero-order valence-electron chi connectivity index (χ0n) is 17.3. The average molecular weight is 424 g/mol. The summed E-state index contributed by atoms with van der Waals surface area (Å²) in [7, 11) is 1.50. The van der Waals surface area contributed by atoms with Gasteiger partial charge in [-0.05, 0) is 48.4 Å². The lowest BCUT2D eigenvalue weighted by molar-refractivity contribution is -0.114. The molecule has 0 aliphatic rings. The van der Waals surface area contributed by atoms with E-state index in [1.165, 1.54) is 30.8 Å². The standard InChI is InChI=1S/C23H22F2N4O2/c1-12-4-6-16(28-13(2)30)10-18(12)19-8-14(11-26)22(29(3)23(19)31)21(27)17-7-5-15(24)9-20(17)25/h4-11H,26-27H2,1-3H3,(H,28,30)/b14-11-,22-21+. The summed E-state index contributed by atoms with van der Waals surface area (Å²) < 4.78 is 28.9. The van der Waals surface area contributed by atoms with Crippen LogP contribution in [0.15, 0.2) is 47.3 Å². The van der Waals surface area contributed by atoms with Gasteiger partial charge in [-0.15, -0.1) is 0 Å². The second kappa shape index (κ2) is 8.43. The fourth-order valence-electron chi connectivity index (χ4n) is 3.45. The Hall–Kier alpha value is -3.94. The highest BCUT2D eigenvalue weighted by Gasteiger charge is 2.14. The molecular weight excluding hydrogens is 402 g/mol. The molecule has 0 fully saturated rings. The minimum atomic E-state index is -0.851. The monoisotopic (exact) mass is 424 g/mol. The van der Waals surface area contributed by atoms with Crippen molar-refractivity contribution in [1.82, 2.24) is 4.57 Å². The average Bonchev–Trinajstić information content (AvgIpc) is 2.70. The van der Waals surface area contributed by atoms with Crippen LogP contribution in [0.5, 0.6) is 0 Å². The maximum absolute atomic E-state index is 14.3. The normalized spacial score (nSPS) is 12.6. The highest BCUT2D eigenvalue weighted by atomic mass is 19.1. The number of halogens is 2. The van der Waals surface area contributed by atoms with Crippen molar-refractivity contribution in [2.45, 2.75) is 13.8 Å². The lowest BCUT2D eigenvalue weighted by Gasteiger charge is -2.13. The highest BCUT2D eigenvalue weighted by Crippen LogP contribution is 2.23. The number of nitrogens with zero attached hydrogens (tertiary/aromatic N) is 1. The number of hydrogen-bond acceptors (Lipinski definition) is 4. The van der Waals surface area contributed by atoms with Crippen LogP contribution in [-0.2, 0) is 11.8 Å². The number of amides is 1. The molecule has 0 atom stereocenters. The SMILES string of the molecule is CC(=O)Nc1ccc(C)c(-c2cc(=C/N)/c(=C(\N)c3ccc(F)cc3F)n(C)c2=O)c1. The Morgan fingerprint density at radius 1 is 1.10 bits per heavy atom. The van der Waals surface area contributed by atoms with Gasteiger partial charge >= 0.3 is 0 Å². The second-order valence-corrected chi connectivity index (χ2v) is 7.14. The van der Waals surface area contributed by atoms with E-state index in [2.05, 4.69) is 5.32 Å². The van der Waals surface area contributed by atoms with Gasteiger partial charge in [-0.3, -0.25) is 9.59 Å². The van der Waals surface area contributed by atoms with Gasteiger partial charge in [0.2, 0.25) is 5.91 Å². The van der Waals surface area contributed by atoms with Gasteiger partial charge < -0.3 is 21.4 Å². The first-order valence-corrected chi connectivity index (χ1v) is 9.39. The quantitative estimate of drug-likeness (QED) is 0.592. The molecule has 3 rings (SSSR count). The molecule has 0 unspecified atom stereocenters. The number of aryl methyl sites for hydroxylation is 1. The summed E-state index contributed by atoms with van der Waals surface area (Å²) in [4.78, 5) is 24.6. The molecule has 1 heterocycles. The number of nitrogens with one attached hydrogen (secondary N) is 1. The molecule has 0 spiro atoms. The Morgan fingerprint density at radius 3 is 2.42 bits per heavy atom. The van der Waals surface area contributed by atoms with E-state index in [-0.39, 0.29) is 22.5 Å². The van der Waals surface area contributed by atoms with Crippen molar-refractivity contribution in [1.29, 1.82) is 0 Å². The third kappa shape index (κ3) is 4.18. The summed E-state index contributed by atoms with van der Waals surface area (Å²) in [6, 6.07) is 9.79. The number of aromatic nitrogens is 1. The van der Waals surface area contributed by atoms with Crippen molar-refractivity contribution in [2.75, 3.05) is 5.32 Å². The molecule has 8 heteroatoms. The van der Waals surface area contributed by atoms with Crippen molar-refractivity contribution in [2.24, 2.45) is 18.5 Å². The van der Waals surface area contributed by atoms with Gasteiger partial charge in [0.15, 0.2) is 0 Å². The number of carbonyl (C=O) groups excluding carboxylic acids is 1. The summed E-state index contributed by atoms with van der Waals surface area (Å²) in [5.41, 5.74) is 13.8. The van der Waals surface area contributed by atoms with E-state index in [0.717, 1.165) is 17.7 Å². The number of carbonyl (C=O) groups is 1. The van der Waals surface area contributed by atoms with E-state index in [4.69, 9.17) is 11.5 Å². The van der Waals surface area contributed by atoms with Gasteiger partial charge in [0, 0.05) is 48.3 Å². The molecule has 6 nitrogen and oxygen atoms in total. The molecule has 5 N–H and O–H groups in total. The molecule has 1 aromatic heterocycles. The molecule has 0 saturated heterocycles. The van der Waals surface area contributed by atoms with Crippen LogP contribution in [-0.4, -0.2) is 10.5 Å². The Kier molecular flexibility index (Phi) is 5.92. The molecule has 3 aromatic rings. The van der Waals surface area contributed by atoms with Crippen molar-refractivity contribution in [3.05, 3.63) is 86.1 Å². The third-order valence-corrected chi connectivity index (χ3v) is 4.95. The number of nitrogens with two attached hydrogens (primary N) is 2. The zero-order chi connectivity index (χ0) is 22.9. The predicted molar refractivity (Wildman–Crippen MR) is 117 cm³/mol. The summed E-state index contributed by atoms with van der Waals surface area (Å²) in [5, 5.41) is 3.29. The van der Waals surface area contributed by atoms with E-state index < -0.39 is 17.2 Å². The largest absolute Gasteiger partial charge is 0.404 e. The Bertz CT molecular complexity index is 1380. The molecule has 160 valence electrons. The van der Waals surface area contributed by atoms with Gasteiger partial charge in [0.1, 0.15) is 11.6 Å². The zero-order valence-corrected chi connectivity index (χ0v) is 17.3. The summed E-state index contributed by atoms with van der Waals surface area (Å²) in [6.45, 7) is 3.22. The summed E-state index contributed by atoms with van der Waals surface area (Å²) in [6.07, 6.45) is 1.26. The lowest BCUT2D eigenvalue weighted by Crippen LogP contribution is -2.46. The number of hydrogen-bond donors (Lipinski definition) is 3. The fraction of sp³-hybridized carbons (Fsp3) is 0.130. The lowest BCUT2D eigenvalue weighted by atomic mass is 9.99. The Morgan fingerprint density at radius 2 is 1.81 bits per heavy atom. The molecular formula is C23H22F2N4O2. The van der Waals surface area contributed by atoms with E-state index in [1.807, 2.05) is 6.92 Å². The molecule has 1 amide bonds. The Labute approximate surface area is 177 Å². The van der Waals surface area contributed by atoms with Crippen LogP contribution < -0.4 is 32.9 Å². The molecule has 2 aromatic carbocycles. The minimum Gasteiger partial charge on any atom is -0.404 e. The van der Waals surface area contributed by atoms with Crippen molar-refractivity contribution >= 4 is 23.5 Å². The van der Waals surface area contributed by atoms with Gasteiger partial charge in [-0.2, -0.15) is 0 Å². The van der Waals surface area contributed by atoms with E-state index in [9.17, 15) is 18.4 Å². The number of benzene rings is 2. The molecule has 0 saturated carbocycles. The van der Waals surface area contributed by atoms with E-state index >= 15 is 0 Å². The van der Waals surface area contributed by atoms with Crippen LogP contribution in [0.3, 0.4) is 0 Å². The molecule has 0 bridgehead atoms. The number of anilines is 1. The van der Waals surface area contributed by atoms with Crippen LogP contribution in [0.1, 0.15) is 18.1 Å². The molecule has 31 heavy (non-hydrogen) atoms. The second-order valence-electron chi connectivity index (χ2n) is 7.14. The topological polar surface area (TPSA) is 103 Å². The van der Waals surface area contributed by atoms with Crippen LogP contribution in [0.2, 0.25) is 0 Å². The van der Waals surface area contributed by atoms with E-state index in [0.29, 0.717) is 22.0 Å². The Balaban J connectivity index is 2.35. The molecule has 0 aliphatic carbocycles.